The molecule has 0 heterocycles. The van der Waals surface area contributed by atoms with Gasteiger partial charge < -0.3 is 14.9 Å². The zero-order valence-electron chi connectivity index (χ0n) is 12.8. The first kappa shape index (κ1) is 18.8. The molecule has 5 nitrogen and oxygen atoms in total. The van der Waals surface area contributed by atoms with Crippen LogP contribution in [0.3, 0.4) is 0 Å². The predicted octanol–water partition coefficient (Wildman–Crippen LogP) is 4.80. The van der Waals surface area contributed by atoms with Crippen LogP contribution in [0.25, 0.3) is 10.8 Å². The molecule has 0 amide bonds. The van der Waals surface area contributed by atoms with Crippen molar-refractivity contribution in [3.63, 3.8) is 0 Å². The Labute approximate surface area is 139 Å². The summed E-state index contributed by atoms with van der Waals surface area (Å²) >= 11 is 4.90. The lowest BCUT2D eigenvalue weighted by Crippen LogP contribution is -1.96. The summed E-state index contributed by atoms with van der Waals surface area (Å²) < 4.78 is 4.47. The van der Waals surface area contributed by atoms with Crippen LogP contribution in [0.4, 0.5) is 4.79 Å². The number of carboxylic acid groups (broad SMARTS) is 1. The summed E-state index contributed by atoms with van der Waals surface area (Å²) in [6, 6.07) is 10.2. The first-order valence-electron chi connectivity index (χ1n) is 7.23. The van der Waals surface area contributed by atoms with E-state index < -0.39 is 11.4 Å². The number of aromatic hydroxyl groups is 1. The maximum atomic E-state index is 10.7. The van der Waals surface area contributed by atoms with Crippen LogP contribution in [0.1, 0.15) is 36.5 Å². The molecule has 0 aliphatic carbocycles. The number of hydrogen-bond acceptors (Lipinski definition) is 4. The summed E-state index contributed by atoms with van der Waals surface area (Å²) in [4.78, 5) is 20.7. The van der Waals surface area contributed by atoms with E-state index in [0.29, 0.717) is 12.0 Å². The molecular weight excluding hydrogens is 320 g/mol. The van der Waals surface area contributed by atoms with Crippen molar-refractivity contribution in [1.29, 1.82) is 0 Å². The van der Waals surface area contributed by atoms with Gasteiger partial charge in [-0.3, -0.25) is 0 Å². The third-order valence-corrected chi connectivity index (χ3v) is 3.20. The minimum absolute atomic E-state index is 0.0660. The molecule has 0 aliphatic rings. The number of aromatic carboxylic acids is 1. The molecule has 0 bridgehead atoms. The van der Waals surface area contributed by atoms with Crippen LogP contribution in [-0.4, -0.2) is 28.2 Å². The molecule has 0 saturated carbocycles. The van der Waals surface area contributed by atoms with E-state index in [0.717, 1.165) is 24.6 Å². The quantitative estimate of drug-likeness (QED) is 0.604. The van der Waals surface area contributed by atoms with Gasteiger partial charge in [0.25, 0.3) is 0 Å². The number of benzene rings is 2. The summed E-state index contributed by atoms with van der Waals surface area (Å²) in [5, 5.41) is 19.8. The first-order chi connectivity index (χ1) is 11.0. The number of unbranched alkanes of at least 4 members (excludes halogenated alkanes) is 2. The highest BCUT2D eigenvalue weighted by atomic mass is 35.5. The highest BCUT2D eigenvalue weighted by Crippen LogP contribution is 2.28. The predicted molar refractivity (Wildman–Crippen MR) is 89.3 cm³/mol. The Morgan fingerprint density at radius 1 is 1.13 bits per heavy atom. The van der Waals surface area contributed by atoms with Gasteiger partial charge in [0.15, 0.2) is 0 Å². The molecule has 0 saturated heterocycles. The molecule has 23 heavy (non-hydrogen) atoms. The molecular formula is C17H19ClO5. The molecule has 0 unspecified atom stereocenters. The van der Waals surface area contributed by atoms with Gasteiger partial charge >= 0.3 is 11.4 Å². The molecule has 0 aromatic heterocycles. The van der Waals surface area contributed by atoms with Crippen molar-refractivity contribution in [2.45, 2.75) is 26.2 Å². The maximum absolute atomic E-state index is 10.7. The summed E-state index contributed by atoms with van der Waals surface area (Å²) in [7, 11) is 0. The van der Waals surface area contributed by atoms with Crippen molar-refractivity contribution in [2.24, 2.45) is 0 Å². The maximum Gasteiger partial charge on any atom is 0.403 e. The van der Waals surface area contributed by atoms with Crippen LogP contribution >= 0.6 is 11.6 Å². The third-order valence-electron chi connectivity index (χ3n) is 3.09. The van der Waals surface area contributed by atoms with Gasteiger partial charge in [-0.05, 0) is 17.9 Å². The Kier molecular flexibility index (Phi) is 7.91. The molecule has 0 atom stereocenters. The van der Waals surface area contributed by atoms with Crippen molar-refractivity contribution < 1.29 is 24.5 Å². The Hall–Kier alpha value is -2.27. The van der Waals surface area contributed by atoms with Crippen LogP contribution in [-0.2, 0) is 4.74 Å². The van der Waals surface area contributed by atoms with Crippen molar-refractivity contribution in [3.8, 4) is 5.75 Å². The standard InChI is InChI=1S/C11H8O3.C6H11ClO2/c12-10-8-4-2-1-3-7(8)5-6-9(10)11(13)14;1-2-3-4-5-9-6(7)8/h1-6,12H,(H,13,14);2-5H2,1H3. The van der Waals surface area contributed by atoms with E-state index in [9.17, 15) is 14.7 Å². The van der Waals surface area contributed by atoms with Gasteiger partial charge in [0, 0.05) is 17.0 Å². The average molecular weight is 339 g/mol. The average Bonchev–Trinajstić information content (AvgIpc) is 2.52. The van der Waals surface area contributed by atoms with Crippen LogP contribution in [0.2, 0.25) is 0 Å². The van der Waals surface area contributed by atoms with Crippen LogP contribution < -0.4 is 0 Å². The molecule has 0 fully saturated rings. The van der Waals surface area contributed by atoms with Crippen molar-refractivity contribution in [3.05, 3.63) is 42.0 Å². The Bertz CT molecular complexity index is 669. The molecule has 2 aromatic rings. The van der Waals surface area contributed by atoms with Gasteiger partial charge in [-0.2, -0.15) is 0 Å². The second-order valence-corrected chi connectivity index (χ2v) is 5.09. The second-order valence-electron chi connectivity index (χ2n) is 4.78. The number of ether oxygens (including phenoxy) is 1. The second kappa shape index (κ2) is 9.69. The Morgan fingerprint density at radius 3 is 2.43 bits per heavy atom. The zero-order valence-corrected chi connectivity index (χ0v) is 13.5. The minimum atomic E-state index is -1.12. The SMILES string of the molecule is CCCCCOC(=O)Cl.O=C(O)c1ccc2ccccc2c1O. The largest absolute Gasteiger partial charge is 0.506 e. The minimum Gasteiger partial charge on any atom is -0.506 e. The molecule has 0 aliphatic heterocycles. The van der Waals surface area contributed by atoms with E-state index in [2.05, 4.69) is 11.7 Å². The summed E-state index contributed by atoms with van der Waals surface area (Å²) in [6.07, 6.45) is 3.12. The van der Waals surface area contributed by atoms with Crippen molar-refractivity contribution >= 4 is 33.8 Å². The normalized spacial score (nSPS) is 9.83. The lowest BCUT2D eigenvalue weighted by Gasteiger charge is -2.03. The topological polar surface area (TPSA) is 83.8 Å². The number of phenols is 1. The number of carbonyl (C=O) groups excluding carboxylic acids is 1. The molecule has 2 aromatic carbocycles. The molecule has 0 spiro atoms. The van der Waals surface area contributed by atoms with Gasteiger partial charge in [-0.1, -0.05) is 50.1 Å². The van der Waals surface area contributed by atoms with Crippen LogP contribution in [0, 0.1) is 0 Å². The van der Waals surface area contributed by atoms with Crippen LogP contribution in [0.15, 0.2) is 36.4 Å². The number of halogens is 1. The van der Waals surface area contributed by atoms with E-state index in [1.807, 2.05) is 12.1 Å². The van der Waals surface area contributed by atoms with Gasteiger partial charge in [0.05, 0.1) is 6.61 Å². The van der Waals surface area contributed by atoms with Gasteiger partial charge in [0.1, 0.15) is 11.3 Å². The van der Waals surface area contributed by atoms with Gasteiger partial charge in [0.2, 0.25) is 0 Å². The van der Waals surface area contributed by atoms with E-state index in [1.54, 1.807) is 18.2 Å². The number of hydrogen-bond donors (Lipinski definition) is 2. The smallest absolute Gasteiger partial charge is 0.403 e. The number of rotatable bonds is 5. The summed E-state index contributed by atoms with van der Waals surface area (Å²) in [6.45, 7) is 2.54. The van der Waals surface area contributed by atoms with E-state index in [4.69, 9.17) is 16.7 Å². The third kappa shape index (κ3) is 6.16. The lowest BCUT2D eigenvalue weighted by atomic mass is 10.1. The number of carbonyl (C=O) groups is 2. The fourth-order valence-corrected chi connectivity index (χ4v) is 2.01. The Morgan fingerprint density at radius 2 is 1.83 bits per heavy atom. The fourth-order valence-electron chi connectivity index (χ4n) is 1.93. The molecule has 0 radical (unpaired) electrons. The zero-order chi connectivity index (χ0) is 17.2. The number of fused-ring (bicyclic) bond motifs is 1. The highest BCUT2D eigenvalue weighted by molar-refractivity contribution is 6.61. The van der Waals surface area contributed by atoms with E-state index in [-0.39, 0.29) is 11.3 Å². The molecule has 2 rings (SSSR count). The fraction of sp³-hybridized carbons (Fsp3) is 0.294. The highest BCUT2D eigenvalue weighted by Gasteiger charge is 2.11. The first-order valence-corrected chi connectivity index (χ1v) is 7.61. The lowest BCUT2D eigenvalue weighted by molar-refractivity contribution is 0.0694. The van der Waals surface area contributed by atoms with E-state index >= 15 is 0 Å². The van der Waals surface area contributed by atoms with Crippen LogP contribution in [0.5, 0.6) is 5.75 Å². The molecule has 124 valence electrons. The Balaban J connectivity index is 0.000000257. The van der Waals surface area contributed by atoms with E-state index in [1.165, 1.54) is 6.07 Å². The monoisotopic (exact) mass is 338 g/mol. The summed E-state index contributed by atoms with van der Waals surface area (Å²) in [5.41, 5.74) is -0.769. The molecule has 2 N–H and O–H groups in total. The molecule has 6 heteroatoms. The van der Waals surface area contributed by atoms with Crippen molar-refractivity contribution in [2.75, 3.05) is 6.61 Å². The van der Waals surface area contributed by atoms with Gasteiger partial charge in [-0.15, -0.1) is 0 Å². The van der Waals surface area contributed by atoms with Gasteiger partial charge in [-0.25, -0.2) is 9.59 Å². The number of carboxylic acids is 1. The summed E-state index contributed by atoms with van der Waals surface area (Å²) in [5.74, 6) is -1.29. The van der Waals surface area contributed by atoms with Crippen molar-refractivity contribution in [1.82, 2.24) is 0 Å².